The Morgan fingerprint density at radius 1 is 1.19 bits per heavy atom. The zero-order chi connectivity index (χ0) is 17.9. The number of carbonyl (C=O) groups is 1. The van der Waals surface area contributed by atoms with Gasteiger partial charge in [-0.05, 0) is 50.2 Å². The number of likely N-dealkylation sites (tertiary alicyclic amines) is 1. The number of amides is 2. The maximum Gasteiger partial charge on any atom is 0.319 e. The van der Waals surface area contributed by atoms with Crippen molar-refractivity contribution in [3.8, 4) is 11.4 Å². The SMILES string of the molecule is Cn1cnnc1-c1ccc(NC(=O)N[C@@H]2COC[C@H]2N2CCCC2)cc1. The highest BCUT2D eigenvalue weighted by atomic mass is 16.5. The minimum Gasteiger partial charge on any atom is -0.378 e. The van der Waals surface area contributed by atoms with E-state index in [0.29, 0.717) is 13.2 Å². The number of anilines is 1. The van der Waals surface area contributed by atoms with Gasteiger partial charge in [0.25, 0.3) is 0 Å². The fourth-order valence-electron chi connectivity index (χ4n) is 3.70. The van der Waals surface area contributed by atoms with Gasteiger partial charge < -0.3 is 19.9 Å². The molecule has 138 valence electrons. The van der Waals surface area contributed by atoms with Crippen LogP contribution in [-0.4, -0.2) is 64.1 Å². The van der Waals surface area contributed by atoms with E-state index in [0.717, 1.165) is 30.2 Å². The Morgan fingerprint density at radius 2 is 1.96 bits per heavy atom. The standard InChI is InChI=1S/C18H24N6O2/c1-23-12-19-22-17(23)13-4-6-14(7-5-13)20-18(25)21-15-10-26-11-16(15)24-8-2-3-9-24/h4-7,12,15-16H,2-3,8-11H2,1H3,(H2,20,21,25)/t15-,16-/m1/s1. The molecular formula is C18H24N6O2. The van der Waals surface area contributed by atoms with Crippen LogP contribution < -0.4 is 10.6 Å². The molecular weight excluding hydrogens is 332 g/mol. The molecule has 0 bridgehead atoms. The van der Waals surface area contributed by atoms with E-state index in [9.17, 15) is 4.79 Å². The topological polar surface area (TPSA) is 84.3 Å². The summed E-state index contributed by atoms with van der Waals surface area (Å²) in [5.41, 5.74) is 1.69. The molecule has 2 fully saturated rings. The molecule has 1 aromatic carbocycles. The molecule has 2 amide bonds. The lowest BCUT2D eigenvalue weighted by molar-refractivity contribution is 0.159. The predicted molar refractivity (Wildman–Crippen MR) is 97.8 cm³/mol. The highest BCUT2D eigenvalue weighted by molar-refractivity contribution is 5.89. The van der Waals surface area contributed by atoms with Crippen molar-refractivity contribution in [3.63, 3.8) is 0 Å². The third-order valence-electron chi connectivity index (χ3n) is 5.09. The molecule has 0 aliphatic carbocycles. The molecule has 1 aromatic heterocycles. The molecule has 2 aliphatic rings. The normalized spacial score (nSPS) is 23.3. The van der Waals surface area contributed by atoms with Crippen LogP contribution in [0.25, 0.3) is 11.4 Å². The van der Waals surface area contributed by atoms with Gasteiger partial charge in [-0.3, -0.25) is 4.90 Å². The summed E-state index contributed by atoms with van der Waals surface area (Å²) in [5, 5.41) is 13.9. The minimum atomic E-state index is -0.198. The second kappa shape index (κ2) is 7.43. The highest BCUT2D eigenvalue weighted by Crippen LogP contribution is 2.20. The maximum absolute atomic E-state index is 12.4. The lowest BCUT2D eigenvalue weighted by Crippen LogP contribution is -2.51. The zero-order valence-corrected chi connectivity index (χ0v) is 14.9. The molecule has 0 spiro atoms. The van der Waals surface area contributed by atoms with Crippen LogP contribution in [0.4, 0.5) is 10.5 Å². The van der Waals surface area contributed by atoms with Crippen LogP contribution >= 0.6 is 0 Å². The molecule has 0 saturated carbocycles. The van der Waals surface area contributed by atoms with Gasteiger partial charge in [-0.1, -0.05) is 0 Å². The van der Waals surface area contributed by atoms with Gasteiger partial charge in [0.2, 0.25) is 0 Å². The maximum atomic E-state index is 12.4. The Bertz CT molecular complexity index is 753. The van der Waals surface area contributed by atoms with E-state index < -0.39 is 0 Å². The summed E-state index contributed by atoms with van der Waals surface area (Å²) < 4.78 is 7.46. The molecule has 2 atom stereocenters. The lowest BCUT2D eigenvalue weighted by atomic mass is 10.1. The summed E-state index contributed by atoms with van der Waals surface area (Å²) in [6, 6.07) is 7.69. The van der Waals surface area contributed by atoms with Gasteiger partial charge >= 0.3 is 6.03 Å². The predicted octanol–water partition coefficient (Wildman–Crippen LogP) is 1.47. The van der Waals surface area contributed by atoms with Gasteiger partial charge in [0, 0.05) is 18.3 Å². The van der Waals surface area contributed by atoms with Crippen molar-refractivity contribution in [1.82, 2.24) is 25.0 Å². The number of aromatic nitrogens is 3. The molecule has 0 radical (unpaired) electrons. The average Bonchev–Trinajstić information content (AvgIpc) is 3.37. The first-order chi connectivity index (χ1) is 12.7. The van der Waals surface area contributed by atoms with Gasteiger partial charge in [0.1, 0.15) is 6.33 Å². The zero-order valence-electron chi connectivity index (χ0n) is 14.9. The summed E-state index contributed by atoms with van der Waals surface area (Å²) in [7, 11) is 1.90. The molecule has 0 unspecified atom stereocenters. The van der Waals surface area contributed by atoms with Crippen molar-refractivity contribution in [1.29, 1.82) is 0 Å². The van der Waals surface area contributed by atoms with Crippen molar-refractivity contribution in [2.24, 2.45) is 7.05 Å². The number of aryl methyl sites for hydroxylation is 1. The van der Waals surface area contributed by atoms with Crippen LogP contribution in [0, 0.1) is 0 Å². The molecule has 26 heavy (non-hydrogen) atoms. The molecule has 2 aliphatic heterocycles. The fourth-order valence-corrected chi connectivity index (χ4v) is 3.70. The lowest BCUT2D eigenvalue weighted by Gasteiger charge is -2.27. The van der Waals surface area contributed by atoms with Crippen molar-refractivity contribution >= 4 is 11.7 Å². The number of hydrogen-bond donors (Lipinski definition) is 2. The van der Waals surface area contributed by atoms with E-state index in [1.54, 1.807) is 6.33 Å². The number of urea groups is 1. The smallest absolute Gasteiger partial charge is 0.319 e. The third kappa shape index (κ3) is 3.56. The number of nitrogens with zero attached hydrogens (tertiary/aromatic N) is 4. The molecule has 3 heterocycles. The summed E-state index contributed by atoms with van der Waals surface area (Å²) in [5.74, 6) is 0.789. The number of hydrogen-bond acceptors (Lipinski definition) is 5. The van der Waals surface area contributed by atoms with Gasteiger partial charge in [-0.25, -0.2) is 4.79 Å². The van der Waals surface area contributed by atoms with Crippen LogP contribution in [0.3, 0.4) is 0 Å². The second-order valence-corrected chi connectivity index (χ2v) is 6.90. The van der Waals surface area contributed by atoms with E-state index in [1.165, 1.54) is 12.8 Å². The molecule has 8 nitrogen and oxygen atoms in total. The number of benzene rings is 1. The van der Waals surface area contributed by atoms with Crippen LogP contribution in [0.1, 0.15) is 12.8 Å². The van der Waals surface area contributed by atoms with Crippen LogP contribution in [0.15, 0.2) is 30.6 Å². The number of rotatable bonds is 4. The second-order valence-electron chi connectivity index (χ2n) is 6.90. The van der Waals surface area contributed by atoms with E-state index in [4.69, 9.17) is 4.74 Å². The molecule has 2 aromatic rings. The fraction of sp³-hybridized carbons (Fsp3) is 0.500. The molecule has 2 saturated heterocycles. The van der Waals surface area contributed by atoms with Crippen molar-refractivity contribution in [2.75, 3.05) is 31.6 Å². The van der Waals surface area contributed by atoms with E-state index in [-0.39, 0.29) is 18.1 Å². The van der Waals surface area contributed by atoms with Crippen LogP contribution in [0.5, 0.6) is 0 Å². The van der Waals surface area contributed by atoms with Crippen LogP contribution in [0.2, 0.25) is 0 Å². The number of carbonyl (C=O) groups excluding carboxylic acids is 1. The third-order valence-corrected chi connectivity index (χ3v) is 5.09. The van der Waals surface area contributed by atoms with Gasteiger partial charge in [-0.2, -0.15) is 0 Å². The van der Waals surface area contributed by atoms with E-state index >= 15 is 0 Å². The number of nitrogens with one attached hydrogen (secondary N) is 2. The average molecular weight is 356 g/mol. The summed E-state index contributed by atoms with van der Waals surface area (Å²) >= 11 is 0. The highest BCUT2D eigenvalue weighted by Gasteiger charge is 2.35. The summed E-state index contributed by atoms with van der Waals surface area (Å²) in [6.45, 7) is 3.45. The Kier molecular flexibility index (Phi) is 4.85. The molecule has 2 N–H and O–H groups in total. The monoisotopic (exact) mass is 356 g/mol. The van der Waals surface area contributed by atoms with E-state index in [2.05, 4.69) is 25.7 Å². The molecule has 8 heteroatoms. The largest absolute Gasteiger partial charge is 0.378 e. The van der Waals surface area contributed by atoms with Crippen molar-refractivity contribution in [3.05, 3.63) is 30.6 Å². The Hall–Kier alpha value is -2.45. The Balaban J connectivity index is 1.35. The van der Waals surface area contributed by atoms with Gasteiger partial charge in [0.05, 0.1) is 25.3 Å². The van der Waals surface area contributed by atoms with E-state index in [1.807, 2.05) is 35.9 Å². The minimum absolute atomic E-state index is 0.0333. The van der Waals surface area contributed by atoms with Crippen LogP contribution in [-0.2, 0) is 11.8 Å². The Morgan fingerprint density at radius 3 is 2.65 bits per heavy atom. The van der Waals surface area contributed by atoms with Gasteiger partial charge in [0.15, 0.2) is 5.82 Å². The number of ether oxygens (including phenoxy) is 1. The van der Waals surface area contributed by atoms with Crippen molar-refractivity contribution < 1.29 is 9.53 Å². The summed E-state index contributed by atoms with van der Waals surface area (Å²) in [6.07, 6.45) is 4.12. The quantitative estimate of drug-likeness (QED) is 0.867. The first kappa shape index (κ1) is 17.0. The molecule has 4 rings (SSSR count). The Labute approximate surface area is 152 Å². The van der Waals surface area contributed by atoms with Gasteiger partial charge in [-0.15, -0.1) is 10.2 Å². The van der Waals surface area contributed by atoms with Crippen molar-refractivity contribution in [2.45, 2.75) is 24.9 Å². The summed E-state index contributed by atoms with van der Waals surface area (Å²) in [4.78, 5) is 14.8. The first-order valence-electron chi connectivity index (χ1n) is 9.04. The first-order valence-corrected chi connectivity index (χ1v) is 9.04.